The van der Waals surface area contributed by atoms with Crippen molar-refractivity contribution in [2.24, 2.45) is 0 Å². The highest BCUT2D eigenvalue weighted by Crippen LogP contribution is 2.23. The molecule has 0 unspecified atom stereocenters. The van der Waals surface area contributed by atoms with Crippen molar-refractivity contribution in [1.29, 1.82) is 0 Å². The van der Waals surface area contributed by atoms with Crippen LogP contribution in [0.4, 0.5) is 4.39 Å². The zero-order valence-corrected chi connectivity index (χ0v) is 10.3. The normalized spacial score (nSPS) is 19.9. The first kappa shape index (κ1) is 12.3. The Kier molecular flexibility index (Phi) is 3.04. The summed E-state index contributed by atoms with van der Waals surface area (Å²) in [5, 5.41) is 0. The Morgan fingerprint density at radius 2 is 1.79 bits per heavy atom. The molecular weight excluding hydrogens is 251 g/mol. The highest BCUT2D eigenvalue weighted by atomic mass is 19.1. The van der Waals surface area contributed by atoms with Crippen molar-refractivity contribution < 1.29 is 18.7 Å². The first-order chi connectivity index (χ1) is 9.16. The Morgan fingerprint density at radius 1 is 1.11 bits per heavy atom. The van der Waals surface area contributed by atoms with Gasteiger partial charge in [0.05, 0.1) is 31.0 Å². The average molecular weight is 264 g/mol. The van der Waals surface area contributed by atoms with Crippen LogP contribution in [-0.2, 0) is 4.74 Å². The van der Waals surface area contributed by atoms with Crippen LogP contribution in [0.1, 0.15) is 20.7 Å². The molecule has 0 radical (unpaired) electrons. The van der Waals surface area contributed by atoms with E-state index in [4.69, 9.17) is 4.74 Å². The molecule has 3 rings (SSSR count). The molecule has 5 nitrogen and oxygen atoms in total. The number of rotatable bonds is 2. The molecule has 1 aromatic rings. The monoisotopic (exact) mass is 264 g/mol. The number of imide groups is 1. The van der Waals surface area contributed by atoms with Crippen LogP contribution in [0.5, 0.6) is 0 Å². The number of amides is 2. The molecule has 0 atom stereocenters. The molecule has 2 aliphatic heterocycles. The van der Waals surface area contributed by atoms with E-state index in [1.165, 1.54) is 12.1 Å². The van der Waals surface area contributed by atoms with E-state index in [1.807, 2.05) is 4.90 Å². The van der Waals surface area contributed by atoms with Crippen LogP contribution in [-0.4, -0.2) is 54.6 Å². The van der Waals surface area contributed by atoms with Gasteiger partial charge in [0.2, 0.25) is 0 Å². The third-order valence-corrected chi connectivity index (χ3v) is 3.38. The van der Waals surface area contributed by atoms with Gasteiger partial charge in [-0.2, -0.15) is 0 Å². The second-order valence-corrected chi connectivity index (χ2v) is 4.60. The van der Waals surface area contributed by atoms with Crippen LogP contribution in [0.3, 0.4) is 0 Å². The zero-order chi connectivity index (χ0) is 13.4. The number of hydrogen-bond acceptors (Lipinski definition) is 4. The van der Waals surface area contributed by atoms with Crippen molar-refractivity contribution in [3.63, 3.8) is 0 Å². The van der Waals surface area contributed by atoms with Crippen molar-refractivity contribution in [2.45, 2.75) is 0 Å². The molecule has 0 N–H and O–H groups in total. The Morgan fingerprint density at radius 3 is 2.53 bits per heavy atom. The van der Waals surface area contributed by atoms with Gasteiger partial charge in [0, 0.05) is 13.1 Å². The highest BCUT2D eigenvalue weighted by Gasteiger charge is 2.36. The summed E-state index contributed by atoms with van der Waals surface area (Å²) in [7, 11) is 0. The van der Waals surface area contributed by atoms with Crippen molar-refractivity contribution in [1.82, 2.24) is 9.80 Å². The predicted molar refractivity (Wildman–Crippen MR) is 64.2 cm³/mol. The van der Waals surface area contributed by atoms with Crippen molar-refractivity contribution in [2.75, 3.05) is 33.0 Å². The summed E-state index contributed by atoms with van der Waals surface area (Å²) in [4.78, 5) is 27.4. The van der Waals surface area contributed by atoms with Crippen LogP contribution in [0.2, 0.25) is 0 Å². The van der Waals surface area contributed by atoms with Gasteiger partial charge in [0.25, 0.3) is 11.8 Å². The summed E-state index contributed by atoms with van der Waals surface area (Å²) in [5.74, 6) is -1.29. The molecule has 1 aromatic carbocycles. The Labute approximate surface area is 109 Å². The third kappa shape index (κ3) is 2.13. The van der Waals surface area contributed by atoms with Gasteiger partial charge in [-0.15, -0.1) is 0 Å². The number of benzene rings is 1. The molecule has 0 bridgehead atoms. The summed E-state index contributed by atoms with van der Waals surface area (Å²) in [6, 6.07) is 3.68. The number of nitrogens with zero attached hydrogens (tertiary/aromatic N) is 2. The molecule has 0 saturated carbocycles. The number of carbonyl (C=O) groups is 2. The van der Waals surface area contributed by atoms with E-state index in [0.29, 0.717) is 26.3 Å². The lowest BCUT2D eigenvalue weighted by atomic mass is 10.1. The number of fused-ring (bicyclic) bond motifs is 1. The number of hydrogen-bond donors (Lipinski definition) is 0. The molecule has 0 spiro atoms. The Hall–Kier alpha value is -1.79. The summed E-state index contributed by atoms with van der Waals surface area (Å²) in [5.41, 5.74) is 0.429. The first-order valence-corrected chi connectivity index (χ1v) is 6.12. The number of carbonyl (C=O) groups excluding carboxylic acids is 2. The maximum atomic E-state index is 13.1. The topological polar surface area (TPSA) is 49.9 Å². The van der Waals surface area contributed by atoms with Gasteiger partial charge < -0.3 is 4.74 Å². The number of morpholine rings is 1. The molecule has 1 fully saturated rings. The van der Waals surface area contributed by atoms with Gasteiger partial charge in [-0.1, -0.05) is 0 Å². The molecule has 2 amide bonds. The quantitative estimate of drug-likeness (QED) is 0.738. The molecule has 100 valence electrons. The standard InChI is InChI=1S/C13H13FN2O3/c14-9-1-2-10-11(7-9)13(18)16(12(10)17)8-15-3-5-19-6-4-15/h1-2,7H,3-6,8H2. The van der Waals surface area contributed by atoms with E-state index in [9.17, 15) is 14.0 Å². The summed E-state index contributed by atoms with van der Waals surface area (Å²) >= 11 is 0. The van der Waals surface area contributed by atoms with Crippen LogP contribution in [0, 0.1) is 5.82 Å². The lowest BCUT2D eigenvalue weighted by Crippen LogP contribution is -2.46. The number of halogens is 1. The zero-order valence-electron chi connectivity index (χ0n) is 10.3. The molecule has 2 aliphatic rings. The van der Waals surface area contributed by atoms with Crippen molar-refractivity contribution >= 4 is 11.8 Å². The van der Waals surface area contributed by atoms with Crippen LogP contribution < -0.4 is 0 Å². The van der Waals surface area contributed by atoms with E-state index in [2.05, 4.69) is 0 Å². The van der Waals surface area contributed by atoms with Gasteiger partial charge in [-0.25, -0.2) is 4.39 Å². The Balaban J connectivity index is 1.81. The third-order valence-electron chi connectivity index (χ3n) is 3.38. The van der Waals surface area contributed by atoms with E-state index in [1.54, 1.807) is 0 Å². The fraction of sp³-hybridized carbons (Fsp3) is 0.385. The maximum absolute atomic E-state index is 13.1. The van der Waals surface area contributed by atoms with E-state index in [0.717, 1.165) is 11.0 Å². The molecule has 19 heavy (non-hydrogen) atoms. The Bertz CT molecular complexity index is 541. The summed E-state index contributed by atoms with van der Waals surface area (Å²) < 4.78 is 18.4. The largest absolute Gasteiger partial charge is 0.379 e. The van der Waals surface area contributed by atoms with Gasteiger partial charge in [-0.05, 0) is 18.2 Å². The molecule has 1 saturated heterocycles. The summed E-state index contributed by atoms with van der Waals surface area (Å²) in [6.07, 6.45) is 0. The minimum atomic E-state index is -0.506. The van der Waals surface area contributed by atoms with Crippen molar-refractivity contribution in [3.8, 4) is 0 Å². The molecule has 0 aromatic heterocycles. The molecular formula is C13H13FN2O3. The minimum absolute atomic E-state index is 0.151. The van der Waals surface area contributed by atoms with E-state index >= 15 is 0 Å². The van der Waals surface area contributed by atoms with E-state index < -0.39 is 11.7 Å². The minimum Gasteiger partial charge on any atom is -0.379 e. The van der Waals surface area contributed by atoms with Crippen molar-refractivity contribution in [3.05, 3.63) is 35.1 Å². The van der Waals surface area contributed by atoms with Crippen LogP contribution >= 0.6 is 0 Å². The fourth-order valence-corrected chi connectivity index (χ4v) is 2.33. The molecule has 0 aliphatic carbocycles. The van der Waals surface area contributed by atoms with E-state index in [-0.39, 0.29) is 23.7 Å². The highest BCUT2D eigenvalue weighted by molar-refractivity contribution is 6.21. The van der Waals surface area contributed by atoms with Gasteiger partial charge in [0.1, 0.15) is 5.82 Å². The fourth-order valence-electron chi connectivity index (χ4n) is 2.33. The lowest BCUT2D eigenvalue weighted by molar-refractivity contribution is 0.0124. The SMILES string of the molecule is O=C1c2ccc(F)cc2C(=O)N1CN1CCOCC1. The maximum Gasteiger partial charge on any atom is 0.262 e. The van der Waals surface area contributed by atoms with Gasteiger partial charge in [0.15, 0.2) is 0 Å². The van der Waals surface area contributed by atoms with Gasteiger partial charge >= 0.3 is 0 Å². The lowest BCUT2D eigenvalue weighted by Gasteiger charge is -2.29. The van der Waals surface area contributed by atoms with Crippen LogP contribution in [0.25, 0.3) is 0 Å². The smallest absolute Gasteiger partial charge is 0.262 e. The van der Waals surface area contributed by atoms with Gasteiger partial charge in [-0.3, -0.25) is 19.4 Å². The van der Waals surface area contributed by atoms with Crippen LogP contribution in [0.15, 0.2) is 18.2 Å². The average Bonchev–Trinajstić information content (AvgIpc) is 2.65. The predicted octanol–water partition coefficient (Wildman–Crippen LogP) is 0.711. The summed E-state index contributed by atoms with van der Waals surface area (Å²) in [6.45, 7) is 2.79. The molecule has 6 heteroatoms. The molecule has 2 heterocycles. The second kappa shape index (κ2) is 4.71. The second-order valence-electron chi connectivity index (χ2n) is 4.60. The number of ether oxygens (including phenoxy) is 1. The first-order valence-electron chi connectivity index (χ1n) is 6.12.